The fourth-order valence-electron chi connectivity index (χ4n) is 2.09. The van der Waals surface area contributed by atoms with E-state index in [4.69, 9.17) is 27.6 Å². The molecule has 1 aliphatic carbocycles. The summed E-state index contributed by atoms with van der Waals surface area (Å²) < 4.78 is 5.61. The van der Waals surface area contributed by atoms with E-state index in [1.54, 1.807) is 11.0 Å². The lowest BCUT2D eigenvalue weighted by molar-refractivity contribution is -0.130. The normalized spacial score (nSPS) is 14.2. The molecular formula is C14H13Cl2N3O2. The number of hydrogen-bond acceptors (Lipinski definition) is 4. The van der Waals surface area contributed by atoms with Crippen molar-refractivity contribution in [2.75, 3.05) is 5.88 Å². The zero-order valence-electron chi connectivity index (χ0n) is 11.1. The van der Waals surface area contributed by atoms with Crippen LogP contribution in [-0.4, -0.2) is 32.9 Å². The number of rotatable bonds is 5. The highest BCUT2D eigenvalue weighted by molar-refractivity contribution is 6.33. The maximum atomic E-state index is 11.8. The van der Waals surface area contributed by atoms with E-state index in [1.165, 1.54) is 0 Å². The van der Waals surface area contributed by atoms with E-state index in [1.807, 2.05) is 18.2 Å². The first-order valence-corrected chi connectivity index (χ1v) is 7.53. The first kappa shape index (κ1) is 14.4. The third-order valence-electron chi connectivity index (χ3n) is 3.30. The molecule has 0 N–H and O–H groups in total. The van der Waals surface area contributed by atoms with Crippen molar-refractivity contribution in [2.45, 2.75) is 25.4 Å². The van der Waals surface area contributed by atoms with Crippen molar-refractivity contribution in [3.8, 4) is 11.5 Å². The van der Waals surface area contributed by atoms with Gasteiger partial charge in [0.2, 0.25) is 17.7 Å². The van der Waals surface area contributed by atoms with E-state index >= 15 is 0 Å². The molecule has 0 bridgehead atoms. The number of alkyl halides is 1. The zero-order chi connectivity index (χ0) is 14.8. The monoisotopic (exact) mass is 325 g/mol. The Labute approximate surface area is 131 Å². The fourth-order valence-corrected chi connectivity index (χ4v) is 2.46. The first-order valence-electron chi connectivity index (χ1n) is 6.61. The van der Waals surface area contributed by atoms with Gasteiger partial charge in [-0.1, -0.05) is 23.7 Å². The number of benzene rings is 1. The van der Waals surface area contributed by atoms with Crippen LogP contribution in [0.5, 0.6) is 0 Å². The van der Waals surface area contributed by atoms with Gasteiger partial charge in [0, 0.05) is 6.04 Å². The van der Waals surface area contributed by atoms with Crippen molar-refractivity contribution in [3.63, 3.8) is 0 Å². The summed E-state index contributed by atoms with van der Waals surface area (Å²) in [7, 11) is 0. The molecule has 0 atom stereocenters. The van der Waals surface area contributed by atoms with Gasteiger partial charge in [0.15, 0.2) is 0 Å². The lowest BCUT2D eigenvalue weighted by atomic mass is 10.2. The minimum absolute atomic E-state index is 0.0397. The molecule has 7 heteroatoms. The van der Waals surface area contributed by atoms with E-state index < -0.39 is 0 Å². The van der Waals surface area contributed by atoms with Crippen LogP contribution in [0.2, 0.25) is 5.02 Å². The van der Waals surface area contributed by atoms with E-state index in [2.05, 4.69) is 10.2 Å². The van der Waals surface area contributed by atoms with Gasteiger partial charge in [-0.2, -0.15) is 0 Å². The molecule has 1 aromatic carbocycles. The van der Waals surface area contributed by atoms with Gasteiger partial charge in [-0.3, -0.25) is 4.79 Å². The van der Waals surface area contributed by atoms with Crippen molar-refractivity contribution in [3.05, 3.63) is 35.2 Å². The molecule has 1 heterocycles. The van der Waals surface area contributed by atoms with Crippen LogP contribution in [0.1, 0.15) is 18.7 Å². The molecule has 2 aromatic rings. The number of hydrogen-bond donors (Lipinski definition) is 0. The Bertz CT molecular complexity index is 655. The van der Waals surface area contributed by atoms with Gasteiger partial charge in [-0.25, -0.2) is 0 Å². The molecule has 110 valence electrons. The average molecular weight is 326 g/mol. The van der Waals surface area contributed by atoms with Gasteiger partial charge in [0.25, 0.3) is 0 Å². The molecule has 1 aliphatic rings. The lowest BCUT2D eigenvalue weighted by Crippen LogP contribution is -2.33. The Balaban J connectivity index is 1.79. The third-order valence-corrected chi connectivity index (χ3v) is 3.86. The fraction of sp³-hybridized carbons (Fsp3) is 0.357. The number of carbonyl (C=O) groups is 1. The molecule has 1 fully saturated rings. The summed E-state index contributed by atoms with van der Waals surface area (Å²) in [6.45, 7) is 0.285. The molecule has 0 aliphatic heterocycles. The maximum absolute atomic E-state index is 11.8. The van der Waals surface area contributed by atoms with Crippen molar-refractivity contribution in [2.24, 2.45) is 0 Å². The minimum atomic E-state index is -0.114. The van der Waals surface area contributed by atoms with Gasteiger partial charge >= 0.3 is 0 Å². The maximum Gasteiger partial charge on any atom is 0.249 e. The third kappa shape index (κ3) is 3.19. The van der Waals surface area contributed by atoms with E-state index in [0.29, 0.717) is 22.4 Å². The number of aromatic nitrogens is 2. The summed E-state index contributed by atoms with van der Waals surface area (Å²) in [5.74, 6) is 0.582. The summed E-state index contributed by atoms with van der Waals surface area (Å²) in [6, 6.07) is 7.48. The molecule has 1 saturated carbocycles. The Hall–Kier alpha value is -1.59. The van der Waals surface area contributed by atoms with Crippen LogP contribution in [0, 0.1) is 0 Å². The van der Waals surface area contributed by atoms with Gasteiger partial charge in [0.1, 0.15) is 5.88 Å². The van der Waals surface area contributed by atoms with Crippen LogP contribution < -0.4 is 0 Å². The molecule has 0 spiro atoms. The predicted molar refractivity (Wildman–Crippen MR) is 79.0 cm³/mol. The van der Waals surface area contributed by atoms with Crippen LogP contribution in [0.25, 0.3) is 11.5 Å². The lowest BCUT2D eigenvalue weighted by Gasteiger charge is -2.18. The number of halogens is 2. The number of nitrogens with zero attached hydrogens (tertiary/aromatic N) is 3. The van der Waals surface area contributed by atoms with Gasteiger partial charge < -0.3 is 9.32 Å². The van der Waals surface area contributed by atoms with Crippen LogP contribution in [0.3, 0.4) is 0 Å². The highest BCUT2D eigenvalue weighted by atomic mass is 35.5. The molecule has 5 nitrogen and oxygen atoms in total. The highest BCUT2D eigenvalue weighted by Crippen LogP contribution is 2.30. The minimum Gasteiger partial charge on any atom is -0.419 e. The van der Waals surface area contributed by atoms with Crippen LogP contribution in [0.15, 0.2) is 28.7 Å². The zero-order valence-corrected chi connectivity index (χ0v) is 12.6. The highest BCUT2D eigenvalue weighted by Gasteiger charge is 2.33. The quantitative estimate of drug-likeness (QED) is 0.792. The smallest absolute Gasteiger partial charge is 0.249 e. The molecule has 1 amide bonds. The Morgan fingerprint density at radius 1 is 1.33 bits per heavy atom. The molecule has 3 rings (SSSR count). The van der Waals surface area contributed by atoms with Crippen molar-refractivity contribution in [1.29, 1.82) is 0 Å². The van der Waals surface area contributed by atoms with Gasteiger partial charge in [-0.05, 0) is 25.0 Å². The average Bonchev–Trinajstić information content (AvgIpc) is 3.23. The molecule has 0 radical (unpaired) electrons. The predicted octanol–water partition coefficient (Wildman–Crippen LogP) is 3.12. The second kappa shape index (κ2) is 6.03. The molecular weight excluding hydrogens is 313 g/mol. The van der Waals surface area contributed by atoms with Crippen LogP contribution >= 0.6 is 23.2 Å². The summed E-state index contributed by atoms with van der Waals surface area (Å²) in [5.41, 5.74) is 0.680. The Morgan fingerprint density at radius 3 is 2.76 bits per heavy atom. The van der Waals surface area contributed by atoms with Crippen molar-refractivity contribution < 1.29 is 9.21 Å². The molecule has 0 unspecified atom stereocenters. The number of carbonyl (C=O) groups excluding carboxylic acids is 1. The molecule has 21 heavy (non-hydrogen) atoms. The van der Waals surface area contributed by atoms with E-state index in [0.717, 1.165) is 12.8 Å². The number of amides is 1. The van der Waals surface area contributed by atoms with Crippen LogP contribution in [-0.2, 0) is 11.3 Å². The standard InChI is InChI=1S/C14H13Cl2N3O2/c15-7-13(20)19(9-5-6-9)8-12-17-18-14(21-12)10-3-1-2-4-11(10)16/h1-4,9H,5-8H2. The first-order chi connectivity index (χ1) is 10.2. The van der Waals surface area contributed by atoms with Crippen molar-refractivity contribution in [1.82, 2.24) is 15.1 Å². The van der Waals surface area contributed by atoms with Crippen LogP contribution in [0.4, 0.5) is 0 Å². The topological polar surface area (TPSA) is 59.2 Å². The van der Waals surface area contributed by atoms with Crippen molar-refractivity contribution >= 4 is 29.1 Å². The van der Waals surface area contributed by atoms with Gasteiger partial charge in [-0.15, -0.1) is 21.8 Å². The molecule has 0 saturated heterocycles. The largest absolute Gasteiger partial charge is 0.419 e. The summed E-state index contributed by atoms with van der Waals surface area (Å²) >= 11 is 11.7. The molecule has 1 aromatic heterocycles. The van der Waals surface area contributed by atoms with Gasteiger partial charge in [0.05, 0.1) is 17.1 Å². The van der Waals surface area contributed by atoms with E-state index in [9.17, 15) is 4.79 Å². The SMILES string of the molecule is O=C(CCl)N(Cc1nnc(-c2ccccc2Cl)o1)C1CC1. The Kier molecular flexibility index (Phi) is 4.12. The summed E-state index contributed by atoms with van der Waals surface area (Å²) in [6.07, 6.45) is 1.99. The summed E-state index contributed by atoms with van der Waals surface area (Å²) in [4.78, 5) is 13.5. The summed E-state index contributed by atoms with van der Waals surface area (Å²) in [5, 5.41) is 8.53. The van der Waals surface area contributed by atoms with E-state index in [-0.39, 0.29) is 24.4 Å². The second-order valence-electron chi connectivity index (χ2n) is 4.87. The Morgan fingerprint density at radius 2 is 2.10 bits per heavy atom. The second-order valence-corrected chi connectivity index (χ2v) is 5.54.